The van der Waals surface area contributed by atoms with Crippen LogP contribution in [0.5, 0.6) is 0 Å². The maximum atomic E-state index is 4.21. The van der Waals surface area contributed by atoms with Gasteiger partial charge < -0.3 is 9.88 Å². The molecule has 0 radical (unpaired) electrons. The highest BCUT2D eigenvalue weighted by atomic mass is 15.3. The van der Waals surface area contributed by atoms with E-state index in [2.05, 4.69) is 27.0 Å². The van der Waals surface area contributed by atoms with Crippen LogP contribution in [0.2, 0.25) is 0 Å². The van der Waals surface area contributed by atoms with Crippen molar-refractivity contribution in [1.82, 2.24) is 20.1 Å². The third-order valence-electron chi connectivity index (χ3n) is 3.74. The van der Waals surface area contributed by atoms with Crippen molar-refractivity contribution in [2.24, 2.45) is 5.92 Å². The summed E-state index contributed by atoms with van der Waals surface area (Å²) in [6.45, 7) is 3.15. The minimum Gasteiger partial charge on any atom is -0.313 e. The topological polar surface area (TPSA) is 42.7 Å². The second-order valence-electron chi connectivity index (χ2n) is 5.12. The highest BCUT2D eigenvalue weighted by Gasteiger charge is 2.30. The van der Waals surface area contributed by atoms with E-state index < -0.39 is 0 Å². The fourth-order valence-corrected chi connectivity index (χ4v) is 2.42. The van der Waals surface area contributed by atoms with Gasteiger partial charge in [0.15, 0.2) is 0 Å². The monoisotopic (exact) mass is 220 g/mol. The maximum absolute atomic E-state index is 4.21. The normalized spacial score (nSPS) is 22.3. The Morgan fingerprint density at radius 1 is 1.44 bits per heavy atom. The largest absolute Gasteiger partial charge is 0.313 e. The van der Waals surface area contributed by atoms with Crippen molar-refractivity contribution in [2.75, 3.05) is 0 Å². The van der Waals surface area contributed by atoms with Gasteiger partial charge in [0.05, 0.1) is 6.54 Å². The zero-order valence-electron chi connectivity index (χ0n) is 9.89. The molecule has 88 valence electrons. The van der Waals surface area contributed by atoms with Gasteiger partial charge in [-0.3, -0.25) is 0 Å². The van der Waals surface area contributed by atoms with Crippen molar-refractivity contribution in [2.45, 2.75) is 57.7 Å². The highest BCUT2D eigenvalue weighted by Crippen LogP contribution is 2.36. The number of nitrogens with zero attached hydrogens (tertiary/aromatic N) is 3. The molecule has 1 aromatic rings. The molecule has 4 nitrogen and oxygen atoms in total. The summed E-state index contributed by atoms with van der Waals surface area (Å²) < 4.78 is 2.24. The Kier molecular flexibility index (Phi) is 2.67. The number of nitrogens with one attached hydrogen (secondary N) is 1. The van der Waals surface area contributed by atoms with Crippen molar-refractivity contribution in [3.63, 3.8) is 0 Å². The Hall–Kier alpha value is -0.900. The Balaban J connectivity index is 1.58. The average Bonchev–Trinajstić information content (AvgIpc) is 3.20. The number of hydrogen-bond donors (Lipinski definition) is 1. The summed E-state index contributed by atoms with van der Waals surface area (Å²) in [6.07, 6.45) is 8.51. The number of aromatic nitrogens is 3. The minimum atomic E-state index is 0.685. The predicted octanol–water partition coefficient (Wildman–Crippen LogP) is 1.89. The van der Waals surface area contributed by atoms with E-state index in [1.54, 1.807) is 0 Å². The van der Waals surface area contributed by atoms with Crippen LogP contribution in [0.3, 0.4) is 0 Å². The van der Waals surface area contributed by atoms with Crippen molar-refractivity contribution in [3.8, 4) is 0 Å². The fraction of sp³-hybridized carbons (Fsp3) is 0.833. The molecule has 1 N–H and O–H groups in total. The average molecular weight is 220 g/mol. The second-order valence-corrected chi connectivity index (χ2v) is 5.12. The summed E-state index contributed by atoms with van der Waals surface area (Å²) >= 11 is 0. The summed E-state index contributed by atoms with van der Waals surface area (Å²) in [7, 11) is 0. The zero-order valence-corrected chi connectivity index (χ0v) is 9.89. The standard InChI is InChI=1S/C12H20N4/c1-2-11(9-3-4-9)13-7-12-15-14-8-16(12)10-5-6-10/h8-11,13H,2-7H2,1H3. The number of hydrogen-bond acceptors (Lipinski definition) is 3. The fourth-order valence-electron chi connectivity index (χ4n) is 2.42. The van der Waals surface area contributed by atoms with Gasteiger partial charge in [0, 0.05) is 12.1 Å². The van der Waals surface area contributed by atoms with Crippen LogP contribution in [-0.2, 0) is 6.54 Å². The first-order valence-electron chi connectivity index (χ1n) is 6.50. The van der Waals surface area contributed by atoms with Crippen LogP contribution >= 0.6 is 0 Å². The van der Waals surface area contributed by atoms with Crippen LogP contribution in [-0.4, -0.2) is 20.8 Å². The van der Waals surface area contributed by atoms with E-state index in [0.29, 0.717) is 12.1 Å². The molecule has 1 atom stereocenters. The van der Waals surface area contributed by atoms with Gasteiger partial charge in [-0.15, -0.1) is 10.2 Å². The van der Waals surface area contributed by atoms with Crippen LogP contribution in [0.4, 0.5) is 0 Å². The van der Waals surface area contributed by atoms with E-state index in [9.17, 15) is 0 Å². The minimum absolute atomic E-state index is 0.685. The van der Waals surface area contributed by atoms with Crippen LogP contribution in [0, 0.1) is 5.92 Å². The summed E-state index contributed by atoms with van der Waals surface area (Å²) in [5.41, 5.74) is 0. The first-order chi connectivity index (χ1) is 7.88. The van der Waals surface area contributed by atoms with Crippen LogP contribution in [0.1, 0.15) is 50.9 Å². The molecule has 4 heteroatoms. The summed E-state index contributed by atoms with van der Waals surface area (Å²) in [5.74, 6) is 2.03. The Labute approximate surface area is 96.4 Å². The molecule has 2 saturated carbocycles. The lowest BCUT2D eigenvalue weighted by Gasteiger charge is -2.15. The number of rotatable bonds is 6. The molecule has 1 heterocycles. The molecule has 2 fully saturated rings. The lowest BCUT2D eigenvalue weighted by atomic mass is 10.1. The van der Waals surface area contributed by atoms with E-state index in [1.165, 1.54) is 32.1 Å². The van der Waals surface area contributed by atoms with Crippen molar-refractivity contribution in [1.29, 1.82) is 0 Å². The van der Waals surface area contributed by atoms with Gasteiger partial charge in [-0.1, -0.05) is 6.92 Å². The molecule has 0 aromatic carbocycles. The predicted molar refractivity (Wildman–Crippen MR) is 61.9 cm³/mol. The lowest BCUT2D eigenvalue weighted by molar-refractivity contribution is 0.436. The van der Waals surface area contributed by atoms with Gasteiger partial charge in [0.1, 0.15) is 12.2 Å². The van der Waals surface area contributed by atoms with Crippen LogP contribution in [0.15, 0.2) is 6.33 Å². The Morgan fingerprint density at radius 3 is 2.88 bits per heavy atom. The molecule has 2 aliphatic rings. The van der Waals surface area contributed by atoms with Gasteiger partial charge in [-0.05, 0) is 38.0 Å². The molecule has 1 aromatic heterocycles. The van der Waals surface area contributed by atoms with Gasteiger partial charge in [-0.2, -0.15) is 0 Å². The summed E-state index contributed by atoms with van der Waals surface area (Å²) in [5, 5.41) is 11.9. The quantitative estimate of drug-likeness (QED) is 0.796. The molecular formula is C12H20N4. The molecule has 2 aliphatic carbocycles. The molecule has 0 aliphatic heterocycles. The highest BCUT2D eigenvalue weighted by molar-refractivity contribution is 4.95. The third kappa shape index (κ3) is 2.12. The van der Waals surface area contributed by atoms with Crippen LogP contribution < -0.4 is 5.32 Å². The van der Waals surface area contributed by atoms with Gasteiger partial charge in [-0.25, -0.2) is 0 Å². The Bertz CT molecular complexity index is 352. The van der Waals surface area contributed by atoms with Gasteiger partial charge in [0.25, 0.3) is 0 Å². The van der Waals surface area contributed by atoms with E-state index in [1.807, 2.05) is 6.33 Å². The second kappa shape index (κ2) is 4.17. The molecule has 0 amide bonds. The van der Waals surface area contributed by atoms with E-state index in [4.69, 9.17) is 0 Å². The lowest BCUT2D eigenvalue weighted by Crippen LogP contribution is -2.30. The zero-order chi connectivity index (χ0) is 11.0. The SMILES string of the molecule is CCC(NCc1nncn1C1CC1)C1CC1. The summed E-state index contributed by atoms with van der Waals surface area (Å²) in [6, 6.07) is 1.37. The summed E-state index contributed by atoms with van der Waals surface area (Å²) in [4.78, 5) is 0. The van der Waals surface area contributed by atoms with E-state index in [0.717, 1.165) is 18.3 Å². The molecule has 0 spiro atoms. The third-order valence-corrected chi connectivity index (χ3v) is 3.74. The first kappa shape index (κ1) is 10.3. The van der Waals surface area contributed by atoms with Crippen molar-refractivity contribution >= 4 is 0 Å². The van der Waals surface area contributed by atoms with Crippen LogP contribution in [0.25, 0.3) is 0 Å². The first-order valence-corrected chi connectivity index (χ1v) is 6.50. The molecular weight excluding hydrogens is 200 g/mol. The maximum Gasteiger partial charge on any atom is 0.147 e. The van der Waals surface area contributed by atoms with Gasteiger partial charge >= 0.3 is 0 Å². The van der Waals surface area contributed by atoms with E-state index >= 15 is 0 Å². The molecule has 3 rings (SSSR count). The molecule has 1 unspecified atom stereocenters. The van der Waals surface area contributed by atoms with E-state index in [-0.39, 0.29) is 0 Å². The van der Waals surface area contributed by atoms with Gasteiger partial charge in [0.2, 0.25) is 0 Å². The molecule has 0 bridgehead atoms. The smallest absolute Gasteiger partial charge is 0.147 e. The van der Waals surface area contributed by atoms with Crippen molar-refractivity contribution < 1.29 is 0 Å². The molecule has 16 heavy (non-hydrogen) atoms. The molecule has 0 saturated heterocycles. The Morgan fingerprint density at radius 2 is 2.25 bits per heavy atom. The van der Waals surface area contributed by atoms with Crippen molar-refractivity contribution in [3.05, 3.63) is 12.2 Å².